The number of hydrogen-bond donors (Lipinski definition) is 0. The Labute approximate surface area is 118 Å². The van der Waals surface area contributed by atoms with Crippen LogP contribution >= 0.6 is 0 Å². The van der Waals surface area contributed by atoms with Gasteiger partial charge >= 0.3 is 0 Å². The van der Waals surface area contributed by atoms with Gasteiger partial charge < -0.3 is 9.47 Å². The summed E-state index contributed by atoms with van der Waals surface area (Å²) in [5, 5.41) is 0. The molecule has 0 radical (unpaired) electrons. The molecule has 1 aromatic rings. The number of hydrogen-bond acceptors (Lipinski definition) is 2. The lowest BCUT2D eigenvalue weighted by Gasteiger charge is -2.25. The average Bonchev–Trinajstić information content (AvgIpc) is 3.19. The lowest BCUT2D eigenvalue weighted by molar-refractivity contribution is 0.173. The molecule has 1 aromatic carbocycles. The molecule has 0 unspecified atom stereocenters. The number of benzene rings is 1. The van der Waals surface area contributed by atoms with Gasteiger partial charge in [0.25, 0.3) is 0 Å². The lowest BCUT2D eigenvalue weighted by atomic mass is 9.86. The van der Waals surface area contributed by atoms with E-state index in [1.807, 2.05) is 0 Å². The van der Waals surface area contributed by atoms with Crippen LogP contribution in [0.25, 0.3) is 0 Å². The van der Waals surface area contributed by atoms with Crippen molar-refractivity contribution in [1.29, 1.82) is 0 Å². The van der Waals surface area contributed by atoms with Crippen molar-refractivity contribution >= 4 is 0 Å². The lowest BCUT2D eigenvalue weighted by Crippen LogP contribution is -2.19. The molecular weight excluding hydrogens is 262 g/mol. The smallest absolute Gasteiger partial charge is 0.204 e. The number of ether oxygens (including phenoxy) is 2. The summed E-state index contributed by atoms with van der Waals surface area (Å²) >= 11 is 0. The molecule has 0 bridgehead atoms. The van der Waals surface area contributed by atoms with Crippen LogP contribution in [0, 0.1) is 23.5 Å². The molecule has 4 heteroatoms. The highest BCUT2D eigenvalue weighted by atomic mass is 19.2. The second-order valence-corrected chi connectivity index (χ2v) is 5.88. The van der Waals surface area contributed by atoms with E-state index in [4.69, 9.17) is 9.47 Å². The zero-order chi connectivity index (χ0) is 13.9. The van der Waals surface area contributed by atoms with Gasteiger partial charge in [-0.2, -0.15) is 8.78 Å². The molecule has 0 atom stereocenters. The van der Waals surface area contributed by atoms with Gasteiger partial charge in [0.05, 0.1) is 13.2 Å². The topological polar surface area (TPSA) is 18.5 Å². The zero-order valence-corrected chi connectivity index (χ0v) is 11.5. The van der Waals surface area contributed by atoms with Crippen molar-refractivity contribution < 1.29 is 18.3 Å². The highest BCUT2D eigenvalue weighted by Crippen LogP contribution is 2.33. The summed E-state index contributed by atoms with van der Waals surface area (Å²) in [6.07, 6.45) is 6.82. The van der Waals surface area contributed by atoms with Crippen molar-refractivity contribution in [2.45, 2.75) is 38.5 Å². The Morgan fingerprint density at radius 1 is 0.900 bits per heavy atom. The molecule has 0 amide bonds. The van der Waals surface area contributed by atoms with Crippen LogP contribution < -0.4 is 9.47 Å². The van der Waals surface area contributed by atoms with Gasteiger partial charge in [-0.25, -0.2) is 0 Å². The van der Waals surface area contributed by atoms with E-state index in [0.29, 0.717) is 25.0 Å². The van der Waals surface area contributed by atoms with E-state index in [1.165, 1.54) is 31.4 Å². The van der Waals surface area contributed by atoms with E-state index in [1.54, 1.807) is 0 Å². The molecule has 3 rings (SSSR count). The molecule has 0 saturated heterocycles. The Morgan fingerprint density at radius 3 is 2.10 bits per heavy atom. The minimum atomic E-state index is -0.938. The summed E-state index contributed by atoms with van der Waals surface area (Å²) in [6.45, 7) is 0.918. The molecule has 110 valence electrons. The maximum atomic E-state index is 13.9. The fraction of sp³-hybridized carbons (Fsp3) is 0.625. The van der Waals surface area contributed by atoms with E-state index in [9.17, 15) is 8.78 Å². The van der Waals surface area contributed by atoms with Gasteiger partial charge in [-0.1, -0.05) is 19.3 Å². The van der Waals surface area contributed by atoms with Gasteiger partial charge in [0.15, 0.2) is 11.5 Å². The first-order chi connectivity index (χ1) is 9.74. The molecule has 2 nitrogen and oxygen atoms in total. The van der Waals surface area contributed by atoms with Crippen molar-refractivity contribution in [3.8, 4) is 11.5 Å². The fourth-order valence-corrected chi connectivity index (χ4v) is 2.35. The molecule has 2 fully saturated rings. The minimum Gasteiger partial charge on any atom is -0.490 e. The monoisotopic (exact) mass is 282 g/mol. The maximum absolute atomic E-state index is 13.9. The fourth-order valence-electron chi connectivity index (χ4n) is 2.35. The van der Waals surface area contributed by atoms with Crippen molar-refractivity contribution in [2.75, 3.05) is 13.2 Å². The molecule has 0 heterocycles. The van der Waals surface area contributed by atoms with Crippen LogP contribution in [0.4, 0.5) is 8.78 Å². The van der Waals surface area contributed by atoms with Crippen molar-refractivity contribution in [1.82, 2.24) is 0 Å². The first kappa shape index (κ1) is 13.7. The summed E-state index contributed by atoms with van der Waals surface area (Å²) in [7, 11) is 0. The molecule has 0 aliphatic heterocycles. The van der Waals surface area contributed by atoms with Crippen LogP contribution in [0.1, 0.15) is 38.5 Å². The summed E-state index contributed by atoms with van der Waals surface area (Å²) in [5.41, 5.74) is 0. The Morgan fingerprint density at radius 2 is 1.55 bits per heavy atom. The quantitative estimate of drug-likeness (QED) is 0.741. The number of rotatable bonds is 7. The molecular formula is C16H20F2O2. The van der Waals surface area contributed by atoms with E-state index >= 15 is 0 Å². The van der Waals surface area contributed by atoms with Crippen molar-refractivity contribution in [2.24, 2.45) is 11.8 Å². The third kappa shape index (κ3) is 3.22. The van der Waals surface area contributed by atoms with Crippen LogP contribution in [0.15, 0.2) is 12.1 Å². The van der Waals surface area contributed by atoms with Crippen molar-refractivity contribution in [3.63, 3.8) is 0 Å². The first-order valence-electron chi connectivity index (χ1n) is 7.47. The zero-order valence-electron chi connectivity index (χ0n) is 11.5. The van der Waals surface area contributed by atoms with E-state index in [0.717, 1.165) is 19.3 Å². The van der Waals surface area contributed by atoms with Crippen LogP contribution in [0.2, 0.25) is 0 Å². The Kier molecular flexibility index (Phi) is 4.08. The predicted molar refractivity (Wildman–Crippen MR) is 72.0 cm³/mol. The second kappa shape index (κ2) is 5.98. The van der Waals surface area contributed by atoms with Crippen molar-refractivity contribution in [3.05, 3.63) is 23.8 Å². The van der Waals surface area contributed by atoms with Gasteiger partial charge in [-0.15, -0.1) is 0 Å². The SMILES string of the molecule is Fc1c(OCCC2CC2)ccc(OCC2CCC2)c1F. The van der Waals surface area contributed by atoms with Crippen LogP contribution in [0.3, 0.4) is 0 Å². The molecule has 2 aliphatic rings. The van der Waals surface area contributed by atoms with E-state index < -0.39 is 11.6 Å². The summed E-state index contributed by atoms with van der Waals surface area (Å²) in [4.78, 5) is 0. The maximum Gasteiger partial charge on any atom is 0.204 e. The Bertz CT molecular complexity index is 468. The average molecular weight is 282 g/mol. The van der Waals surface area contributed by atoms with Gasteiger partial charge in [0.2, 0.25) is 11.6 Å². The molecule has 0 N–H and O–H groups in total. The standard InChI is InChI=1S/C16H20F2O2/c17-15-13(19-9-8-11-4-5-11)6-7-14(16(15)18)20-10-12-2-1-3-12/h6-7,11-12H,1-5,8-10H2. The van der Waals surface area contributed by atoms with Gasteiger partial charge in [-0.3, -0.25) is 0 Å². The molecule has 20 heavy (non-hydrogen) atoms. The molecule has 2 saturated carbocycles. The highest BCUT2D eigenvalue weighted by Gasteiger charge is 2.22. The normalized spacial score (nSPS) is 18.7. The van der Waals surface area contributed by atoms with Gasteiger partial charge in [0.1, 0.15) is 0 Å². The summed E-state index contributed by atoms with van der Waals surface area (Å²) < 4.78 is 38.4. The van der Waals surface area contributed by atoms with Crippen LogP contribution in [-0.2, 0) is 0 Å². The van der Waals surface area contributed by atoms with Crippen LogP contribution in [-0.4, -0.2) is 13.2 Å². The molecule has 0 spiro atoms. The largest absolute Gasteiger partial charge is 0.490 e. The van der Waals surface area contributed by atoms with E-state index in [-0.39, 0.29) is 11.5 Å². The Hall–Kier alpha value is -1.32. The highest BCUT2D eigenvalue weighted by molar-refractivity contribution is 5.35. The number of halogens is 2. The predicted octanol–water partition coefficient (Wildman–Crippen LogP) is 4.32. The van der Waals surface area contributed by atoms with Gasteiger partial charge in [-0.05, 0) is 43.2 Å². The van der Waals surface area contributed by atoms with Crippen LogP contribution in [0.5, 0.6) is 11.5 Å². The van der Waals surface area contributed by atoms with E-state index in [2.05, 4.69) is 0 Å². The third-order valence-electron chi connectivity index (χ3n) is 4.19. The summed E-state index contributed by atoms with van der Waals surface area (Å²) in [5.74, 6) is -0.692. The minimum absolute atomic E-state index is 0.0102. The van der Waals surface area contributed by atoms with Gasteiger partial charge in [0, 0.05) is 0 Å². The second-order valence-electron chi connectivity index (χ2n) is 5.88. The third-order valence-corrected chi connectivity index (χ3v) is 4.19. The summed E-state index contributed by atoms with van der Waals surface area (Å²) in [6, 6.07) is 2.92. The molecule has 0 aromatic heterocycles. The molecule has 2 aliphatic carbocycles. The Balaban J connectivity index is 1.56. The first-order valence-corrected chi connectivity index (χ1v) is 7.47.